The molecule has 3 N–H and O–H groups in total. The van der Waals surface area contributed by atoms with Crippen molar-refractivity contribution in [1.82, 2.24) is 10.2 Å². The van der Waals surface area contributed by atoms with E-state index in [2.05, 4.69) is 23.5 Å². The van der Waals surface area contributed by atoms with Gasteiger partial charge in [0.05, 0.1) is 6.54 Å². The van der Waals surface area contributed by atoms with Gasteiger partial charge in [-0.1, -0.05) is 72.8 Å². The molecule has 0 aliphatic rings. The lowest BCUT2D eigenvalue weighted by atomic mass is 10.0. The van der Waals surface area contributed by atoms with Crippen molar-refractivity contribution in [2.45, 2.75) is 45.6 Å². The van der Waals surface area contributed by atoms with Crippen LogP contribution in [0.2, 0.25) is 0 Å². The molecule has 0 unspecified atom stereocenters. The first-order valence-electron chi connectivity index (χ1n) is 12.6. The molecule has 0 heterocycles. The van der Waals surface area contributed by atoms with Crippen molar-refractivity contribution < 1.29 is 19.1 Å². The Morgan fingerprint density at radius 2 is 1.58 bits per heavy atom. The molecule has 0 saturated carbocycles. The third-order valence-electron chi connectivity index (χ3n) is 5.91. The average Bonchev–Trinajstić information content (AvgIpc) is 2.89. The minimum absolute atomic E-state index is 0.155. The van der Waals surface area contributed by atoms with Crippen LogP contribution in [-0.4, -0.2) is 55.3 Å². The van der Waals surface area contributed by atoms with Crippen LogP contribution in [0.15, 0.2) is 72.8 Å². The van der Waals surface area contributed by atoms with Crippen LogP contribution in [0.4, 0.5) is 0 Å². The molecule has 0 fully saturated rings. The highest BCUT2D eigenvalue weighted by Gasteiger charge is 2.29. The van der Waals surface area contributed by atoms with Crippen LogP contribution in [0, 0.1) is 0 Å². The zero-order valence-corrected chi connectivity index (χ0v) is 21.2. The number of nitrogens with two attached hydrogens (primary N) is 1. The number of nitrogens with zero attached hydrogens (tertiary/aromatic N) is 1. The van der Waals surface area contributed by atoms with Gasteiger partial charge < -0.3 is 25.4 Å². The summed E-state index contributed by atoms with van der Waals surface area (Å²) in [5, 5.41) is 5.10. The fourth-order valence-electron chi connectivity index (χ4n) is 4.24. The van der Waals surface area contributed by atoms with Crippen molar-refractivity contribution >= 4 is 22.6 Å². The van der Waals surface area contributed by atoms with Crippen molar-refractivity contribution in [3.05, 3.63) is 83.9 Å². The maximum Gasteiger partial charge on any atom is 0.245 e. The van der Waals surface area contributed by atoms with Crippen molar-refractivity contribution in [3.8, 4) is 0 Å². The lowest BCUT2D eigenvalue weighted by Gasteiger charge is -2.31. The Morgan fingerprint density at radius 1 is 0.917 bits per heavy atom. The molecule has 36 heavy (non-hydrogen) atoms. The predicted octanol–water partition coefficient (Wildman–Crippen LogP) is 3.64. The normalized spacial score (nSPS) is 12.0. The Kier molecular flexibility index (Phi) is 10.9. The first-order chi connectivity index (χ1) is 17.5. The highest BCUT2D eigenvalue weighted by atomic mass is 16.7. The van der Waals surface area contributed by atoms with Gasteiger partial charge in [0.15, 0.2) is 6.29 Å². The fraction of sp³-hybridized carbons (Fsp3) is 0.379. The van der Waals surface area contributed by atoms with Crippen LogP contribution in [0.3, 0.4) is 0 Å². The monoisotopic (exact) mass is 491 g/mol. The molecule has 1 atom stereocenters. The first-order valence-corrected chi connectivity index (χ1v) is 12.6. The molecule has 0 radical (unpaired) electrons. The molecule has 3 rings (SSSR count). The van der Waals surface area contributed by atoms with Crippen molar-refractivity contribution in [3.63, 3.8) is 0 Å². The molecule has 0 saturated heterocycles. The zero-order chi connectivity index (χ0) is 25.8. The summed E-state index contributed by atoms with van der Waals surface area (Å²) in [6, 6.07) is 23.1. The number of benzene rings is 3. The highest BCUT2D eigenvalue weighted by Crippen LogP contribution is 2.21. The Bertz CT molecular complexity index is 1090. The molecule has 0 bridgehead atoms. The van der Waals surface area contributed by atoms with Gasteiger partial charge in [-0.05, 0) is 35.7 Å². The smallest absolute Gasteiger partial charge is 0.245 e. The minimum Gasteiger partial charge on any atom is -0.351 e. The van der Waals surface area contributed by atoms with Crippen molar-refractivity contribution in [2.24, 2.45) is 5.73 Å². The summed E-state index contributed by atoms with van der Waals surface area (Å²) in [5.74, 6) is -0.440. The lowest BCUT2D eigenvalue weighted by molar-refractivity contribution is -0.161. The number of carbonyl (C=O) groups is 2. The topological polar surface area (TPSA) is 93.9 Å². The molecule has 2 amide bonds. The number of rotatable bonds is 14. The van der Waals surface area contributed by atoms with Crippen molar-refractivity contribution in [2.75, 3.05) is 26.3 Å². The number of hydrogen-bond acceptors (Lipinski definition) is 5. The second kappa shape index (κ2) is 14.3. The summed E-state index contributed by atoms with van der Waals surface area (Å²) in [5.41, 5.74) is 7.56. The number of amides is 2. The van der Waals surface area contributed by atoms with Crippen LogP contribution < -0.4 is 11.1 Å². The Labute approximate surface area is 213 Å². The molecule has 0 spiro atoms. The summed E-state index contributed by atoms with van der Waals surface area (Å²) in [6.45, 7) is 5.52. The third-order valence-corrected chi connectivity index (χ3v) is 5.91. The van der Waals surface area contributed by atoms with Gasteiger partial charge in [-0.2, -0.15) is 0 Å². The van der Waals surface area contributed by atoms with Gasteiger partial charge in [0.25, 0.3) is 0 Å². The second-order valence-corrected chi connectivity index (χ2v) is 8.55. The quantitative estimate of drug-likeness (QED) is 0.336. The molecule has 0 aliphatic heterocycles. The fourth-order valence-corrected chi connectivity index (χ4v) is 4.24. The minimum atomic E-state index is -0.745. The molecular formula is C29H37N3O4. The summed E-state index contributed by atoms with van der Waals surface area (Å²) >= 11 is 0. The Morgan fingerprint density at radius 3 is 2.28 bits per heavy atom. The number of hydrogen-bond donors (Lipinski definition) is 2. The van der Waals surface area contributed by atoms with E-state index >= 15 is 0 Å². The van der Waals surface area contributed by atoms with Gasteiger partial charge in [0.1, 0.15) is 6.04 Å². The first kappa shape index (κ1) is 27.3. The van der Waals surface area contributed by atoms with Crippen LogP contribution in [0.5, 0.6) is 0 Å². The van der Waals surface area contributed by atoms with Gasteiger partial charge in [-0.25, -0.2) is 0 Å². The number of ether oxygens (including phenoxy) is 2. The SMILES string of the molecule is CCOC(CN(Cc1cccc2ccccc12)C(=O)[C@H](Cc1ccccc1)NC(=O)CCN)OCC. The van der Waals surface area contributed by atoms with Gasteiger partial charge in [0.2, 0.25) is 11.8 Å². The molecule has 7 nitrogen and oxygen atoms in total. The molecule has 0 aromatic heterocycles. The van der Waals surface area contributed by atoms with E-state index in [1.54, 1.807) is 4.90 Å². The van der Waals surface area contributed by atoms with Crippen LogP contribution in [0.25, 0.3) is 10.8 Å². The van der Waals surface area contributed by atoms with E-state index < -0.39 is 12.3 Å². The van der Waals surface area contributed by atoms with E-state index in [1.165, 1.54) is 0 Å². The summed E-state index contributed by atoms with van der Waals surface area (Å²) < 4.78 is 11.6. The third kappa shape index (κ3) is 7.88. The Hall–Kier alpha value is -3.26. The summed E-state index contributed by atoms with van der Waals surface area (Å²) in [7, 11) is 0. The number of carbonyl (C=O) groups excluding carboxylic acids is 2. The molecule has 192 valence electrons. The van der Waals surface area contributed by atoms with Gasteiger partial charge in [-0.15, -0.1) is 0 Å². The molecule has 0 aliphatic carbocycles. The summed E-state index contributed by atoms with van der Waals surface area (Å²) in [4.78, 5) is 28.3. The predicted molar refractivity (Wildman–Crippen MR) is 142 cm³/mol. The van der Waals surface area contributed by atoms with Crippen LogP contribution >= 0.6 is 0 Å². The molecular weight excluding hydrogens is 454 g/mol. The molecule has 3 aromatic carbocycles. The number of nitrogens with one attached hydrogen (secondary N) is 1. The van der Waals surface area contributed by atoms with E-state index in [4.69, 9.17) is 15.2 Å². The van der Waals surface area contributed by atoms with Gasteiger partial charge >= 0.3 is 0 Å². The summed E-state index contributed by atoms with van der Waals surface area (Å²) in [6.07, 6.45) is -0.0469. The van der Waals surface area contributed by atoms with E-state index in [0.29, 0.717) is 26.2 Å². The maximum absolute atomic E-state index is 14.0. The van der Waals surface area contributed by atoms with Crippen LogP contribution in [-0.2, 0) is 32.0 Å². The lowest BCUT2D eigenvalue weighted by Crippen LogP contribution is -2.51. The zero-order valence-electron chi connectivity index (χ0n) is 21.2. The average molecular weight is 492 g/mol. The van der Waals surface area contributed by atoms with Gasteiger partial charge in [-0.3, -0.25) is 9.59 Å². The molecule has 7 heteroatoms. The van der Waals surface area contributed by atoms with Crippen molar-refractivity contribution in [1.29, 1.82) is 0 Å². The van der Waals surface area contributed by atoms with E-state index in [1.807, 2.05) is 68.4 Å². The molecule has 3 aromatic rings. The van der Waals surface area contributed by atoms with E-state index in [9.17, 15) is 9.59 Å². The van der Waals surface area contributed by atoms with E-state index in [0.717, 1.165) is 21.9 Å². The highest BCUT2D eigenvalue weighted by molar-refractivity contribution is 5.89. The standard InChI is InChI=1S/C29H37N3O4/c1-3-35-28(36-4-2)21-32(20-24-15-10-14-23-13-8-9-16-25(23)24)29(34)26(31-27(33)17-18-30)19-22-11-6-5-7-12-22/h5-16,26,28H,3-4,17-21,30H2,1-2H3,(H,31,33)/t26-/m0/s1. The maximum atomic E-state index is 14.0. The van der Waals surface area contributed by atoms with Crippen LogP contribution in [0.1, 0.15) is 31.4 Å². The second-order valence-electron chi connectivity index (χ2n) is 8.55. The Balaban J connectivity index is 1.95. The number of fused-ring (bicyclic) bond motifs is 1. The van der Waals surface area contributed by atoms with E-state index in [-0.39, 0.29) is 31.3 Å². The largest absolute Gasteiger partial charge is 0.351 e. The van der Waals surface area contributed by atoms with Gasteiger partial charge in [0, 0.05) is 39.1 Å².